The van der Waals surface area contributed by atoms with Crippen LogP contribution in [0.4, 0.5) is 11.5 Å². The lowest BCUT2D eigenvalue weighted by Gasteiger charge is -2.04. The first kappa shape index (κ1) is 8.91. The summed E-state index contributed by atoms with van der Waals surface area (Å²) in [5.41, 5.74) is 13.8. The Labute approximate surface area is 91.9 Å². The SMILES string of the molecule is Nc1cnc2ccc3ccc(N)nc3c2c1. The number of nitrogens with two attached hydrogens (primary N) is 2. The molecule has 3 rings (SSSR count). The van der Waals surface area contributed by atoms with Crippen molar-refractivity contribution in [3.63, 3.8) is 0 Å². The van der Waals surface area contributed by atoms with Crippen molar-refractivity contribution in [3.05, 3.63) is 36.5 Å². The summed E-state index contributed by atoms with van der Waals surface area (Å²) in [5.74, 6) is 0.502. The van der Waals surface area contributed by atoms with E-state index in [0.29, 0.717) is 11.5 Å². The molecule has 2 heterocycles. The number of benzene rings is 1. The van der Waals surface area contributed by atoms with Crippen LogP contribution in [-0.4, -0.2) is 9.97 Å². The van der Waals surface area contributed by atoms with Gasteiger partial charge in [-0.1, -0.05) is 6.07 Å². The van der Waals surface area contributed by atoms with Gasteiger partial charge in [-0.15, -0.1) is 0 Å². The number of aromatic nitrogens is 2. The largest absolute Gasteiger partial charge is 0.397 e. The predicted octanol–water partition coefficient (Wildman–Crippen LogP) is 1.95. The van der Waals surface area contributed by atoms with Crippen LogP contribution in [0.3, 0.4) is 0 Å². The standard InChI is InChI=1S/C12H10N4/c13-8-5-9-10(15-6-8)3-1-7-2-4-11(14)16-12(7)9/h1-6H,13H2,(H2,14,16). The summed E-state index contributed by atoms with van der Waals surface area (Å²) < 4.78 is 0. The van der Waals surface area contributed by atoms with Gasteiger partial charge >= 0.3 is 0 Å². The van der Waals surface area contributed by atoms with E-state index in [1.54, 1.807) is 12.3 Å². The maximum absolute atomic E-state index is 5.73. The van der Waals surface area contributed by atoms with E-state index in [0.717, 1.165) is 21.8 Å². The second kappa shape index (κ2) is 3.06. The van der Waals surface area contributed by atoms with E-state index in [2.05, 4.69) is 9.97 Å². The van der Waals surface area contributed by atoms with Crippen molar-refractivity contribution in [2.75, 3.05) is 11.5 Å². The molecule has 78 valence electrons. The van der Waals surface area contributed by atoms with Crippen LogP contribution in [0.2, 0.25) is 0 Å². The molecular formula is C12H10N4. The first-order valence-electron chi connectivity index (χ1n) is 4.94. The number of pyridine rings is 2. The Morgan fingerprint density at radius 2 is 1.81 bits per heavy atom. The molecule has 2 aromatic heterocycles. The molecule has 0 radical (unpaired) electrons. The van der Waals surface area contributed by atoms with Crippen LogP contribution in [0, 0.1) is 0 Å². The van der Waals surface area contributed by atoms with Crippen LogP contribution in [0.5, 0.6) is 0 Å². The topological polar surface area (TPSA) is 77.8 Å². The van der Waals surface area contributed by atoms with Gasteiger partial charge in [-0.2, -0.15) is 0 Å². The molecule has 3 aromatic rings. The van der Waals surface area contributed by atoms with Gasteiger partial charge in [0.15, 0.2) is 0 Å². The maximum atomic E-state index is 5.73. The summed E-state index contributed by atoms with van der Waals surface area (Å²) in [4.78, 5) is 8.58. The third-order valence-corrected chi connectivity index (χ3v) is 2.56. The van der Waals surface area contributed by atoms with Gasteiger partial charge in [0.1, 0.15) is 5.82 Å². The molecule has 0 unspecified atom stereocenters. The molecule has 0 aliphatic carbocycles. The van der Waals surface area contributed by atoms with Gasteiger partial charge in [0.05, 0.1) is 22.9 Å². The monoisotopic (exact) mass is 210 g/mol. The molecule has 0 bridgehead atoms. The molecule has 4 N–H and O–H groups in total. The summed E-state index contributed by atoms with van der Waals surface area (Å²) in [6.07, 6.45) is 1.64. The molecule has 0 aliphatic heterocycles. The highest BCUT2D eigenvalue weighted by molar-refractivity contribution is 6.04. The zero-order valence-corrected chi connectivity index (χ0v) is 8.51. The van der Waals surface area contributed by atoms with Gasteiger partial charge in [0.2, 0.25) is 0 Å². The van der Waals surface area contributed by atoms with Gasteiger partial charge in [-0.05, 0) is 24.3 Å². The number of fused-ring (bicyclic) bond motifs is 3. The fraction of sp³-hybridized carbons (Fsp3) is 0. The van der Waals surface area contributed by atoms with Crippen LogP contribution in [0.1, 0.15) is 0 Å². The van der Waals surface area contributed by atoms with Gasteiger partial charge in [0, 0.05) is 10.8 Å². The van der Waals surface area contributed by atoms with Crippen molar-refractivity contribution in [1.29, 1.82) is 0 Å². The molecule has 4 heteroatoms. The molecule has 0 spiro atoms. The Balaban J connectivity index is 2.55. The zero-order chi connectivity index (χ0) is 11.1. The highest BCUT2D eigenvalue weighted by atomic mass is 14.8. The van der Waals surface area contributed by atoms with Crippen molar-refractivity contribution in [3.8, 4) is 0 Å². The predicted molar refractivity (Wildman–Crippen MR) is 65.9 cm³/mol. The molecular weight excluding hydrogens is 200 g/mol. The molecule has 16 heavy (non-hydrogen) atoms. The van der Waals surface area contributed by atoms with Crippen LogP contribution < -0.4 is 11.5 Å². The van der Waals surface area contributed by atoms with E-state index >= 15 is 0 Å². The smallest absolute Gasteiger partial charge is 0.124 e. The fourth-order valence-corrected chi connectivity index (χ4v) is 1.82. The maximum Gasteiger partial charge on any atom is 0.124 e. The first-order chi connectivity index (χ1) is 7.74. The molecule has 0 aliphatic rings. The van der Waals surface area contributed by atoms with Crippen LogP contribution >= 0.6 is 0 Å². The van der Waals surface area contributed by atoms with Gasteiger partial charge in [0.25, 0.3) is 0 Å². The van der Waals surface area contributed by atoms with Gasteiger partial charge in [-0.25, -0.2) is 4.98 Å². The van der Waals surface area contributed by atoms with Crippen molar-refractivity contribution < 1.29 is 0 Å². The minimum Gasteiger partial charge on any atom is -0.397 e. The minimum absolute atomic E-state index is 0.502. The first-order valence-corrected chi connectivity index (χ1v) is 4.94. The fourth-order valence-electron chi connectivity index (χ4n) is 1.82. The Morgan fingerprint density at radius 3 is 2.69 bits per heavy atom. The van der Waals surface area contributed by atoms with E-state index < -0.39 is 0 Å². The lowest BCUT2D eigenvalue weighted by molar-refractivity contribution is 1.39. The van der Waals surface area contributed by atoms with Crippen molar-refractivity contribution in [1.82, 2.24) is 9.97 Å². The summed E-state index contributed by atoms with van der Waals surface area (Å²) in [6.45, 7) is 0. The van der Waals surface area contributed by atoms with Crippen molar-refractivity contribution in [2.24, 2.45) is 0 Å². The molecule has 0 fully saturated rings. The summed E-state index contributed by atoms with van der Waals surface area (Å²) >= 11 is 0. The Bertz CT molecular complexity index is 630. The van der Waals surface area contributed by atoms with Crippen LogP contribution in [0.15, 0.2) is 36.5 Å². The summed E-state index contributed by atoms with van der Waals surface area (Å²) in [7, 11) is 0. The van der Waals surface area contributed by atoms with Gasteiger partial charge < -0.3 is 11.5 Å². The Kier molecular flexibility index (Phi) is 1.71. The van der Waals surface area contributed by atoms with Gasteiger partial charge in [-0.3, -0.25) is 4.98 Å². The minimum atomic E-state index is 0.502. The Morgan fingerprint density at radius 1 is 1.00 bits per heavy atom. The van der Waals surface area contributed by atoms with E-state index in [9.17, 15) is 0 Å². The summed E-state index contributed by atoms with van der Waals surface area (Å²) in [5, 5.41) is 1.97. The quantitative estimate of drug-likeness (QED) is 0.556. The summed E-state index contributed by atoms with van der Waals surface area (Å²) in [6, 6.07) is 9.54. The van der Waals surface area contributed by atoms with Crippen LogP contribution in [0.25, 0.3) is 21.8 Å². The second-order valence-corrected chi connectivity index (χ2v) is 3.71. The number of anilines is 2. The lowest BCUT2D eigenvalue weighted by atomic mass is 10.1. The average molecular weight is 210 g/mol. The normalized spacial score (nSPS) is 11.0. The molecule has 0 amide bonds. The number of hydrogen-bond donors (Lipinski definition) is 2. The molecule has 1 aromatic carbocycles. The average Bonchev–Trinajstić information content (AvgIpc) is 2.29. The number of nitrogen functional groups attached to an aromatic ring is 2. The second-order valence-electron chi connectivity index (χ2n) is 3.71. The van der Waals surface area contributed by atoms with Crippen molar-refractivity contribution >= 4 is 33.3 Å². The third kappa shape index (κ3) is 1.24. The highest BCUT2D eigenvalue weighted by Crippen LogP contribution is 2.24. The Hall–Kier alpha value is -2.36. The van der Waals surface area contributed by atoms with E-state index in [-0.39, 0.29) is 0 Å². The lowest BCUT2D eigenvalue weighted by Crippen LogP contribution is -1.92. The molecule has 0 saturated carbocycles. The van der Waals surface area contributed by atoms with Crippen LogP contribution in [-0.2, 0) is 0 Å². The molecule has 0 atom stereocenters. The van der Waals surface area contributed by atoms with E-state index in [1.807, 2.05) is 24.3 Å². The third-order valence-electron chi connectivity index (χ3n) is 2.56. The number of rotatable bonds is 0. The number of hydrogen-bond acceptors (Lipinski definition) is 4. The molecule has 0 saturated heterocycles. The zero-order valence-electron chi connectivity index (χ0n) is 8.51. The van der Waals surface area contributed by atoms with E-state index in [4.69, 9.17) is 11.5 Å². The van der Waals surface area contributed by atoms with Crippen molar-refractivity contribution in [2.45, 2.75) is 0 Å². The van der Waals surface area contributed by atoms with E-state index in [1.165, 1.54) is 0 Å². The highest BCUT2D eigenvalue weighted by Gasteiger charge is 2.03. The molecule has 4 nitrogen and oxygen atoms in total. The number of nitrogens with zero attached hydrogens (tertiary/aromatic N) is 2.